The molecule has 8 heteroatoms. The summed E-state index contributed by atoms with van der Waals surface area (Å²) in [6.07, 6.45) is 0. The van der Waals surface area contributed by atoms with E-state index in [1.54, 1.807) is 0 Å². The highest BCUT2D eigenvalue weighted by atomic mass is 35.5. The maximum absolute atomic E-state index is 13.2. The fourth-order valence-corrected chi connectivity index (χ4v) is 2.82. The van der Waals surface area contributed by atoms with Gasteiger partial charge in [0.2, 0.25) is 0 Å². The van der Waals surface area contributed by atoms with E-state index in [2.05, 4.69) is 20.5 Å². The molecule has 0 aliphatic rings. The van der Waals surface area contributed by atoms with Crippen LogP contribution in [0.4, 0.5) is 19.7 Å². The second-order valence-electron chi connectivity index (χ2n) is 4.47. The van der Waals surface area contributed by atoms with Crippen molar-refractivity contribution < 1.29 is 8.78 Å². The monoisotopic (exact) mass is 326 g/mol. The third-order valence-corrected chi connectivity index (χ3v) is 4.41. The van der Waals surface area contributed by atoms with Crippen molar-refractivity contribution in [3.63, 3.8) is 0 Å². The van der Waals surface area contributed by atoms with Crippen molar-refractivity contribution in [2.45, 2.75) is 13.8 Å². The zero-order valence-electron chi connectivity index (χ0n) is 11.0. The summed E-state index contributed by atoms with van der Waals surface area (Å²) < 4.78 is 26.9. The van der Waals surface area contributed by atoms with Crippen LogP contribution in [0.5, 0.6) is 0 Å². The number of anilines is 2. The highest BCUT2D eigenvalue weighted by molar-refractivity contribution is 7.22. The molecule has 0 saturated carbocycles. The minimum absolute atomic E-state index is 0.339. The number of benzene rings is 1. The van der Waals surface area contributed by atoms with Crippen molar-refractivity contribution in [3.05, 3.63) is 40.0 Å². The van der Waals surface area contributed by atoms with Crippen LogP contribution in [0, 0.1) is 25.5 Å². The molecule has 0 saturated heterocycles. The summed E-state index contributed by atoms with van der Waals surface area (Å²) in [5.74, 6) is -1.30. The third-order valence-electron chi connectivity index (χ3n) is 3.12. The number of hydrogen-bond acceptors (Lipinski definition) is 5. The molecule has 3 aromatic rings. The van der Waals surface area contributed by atoms with Crippen molar-refractivity contribution in [2.24, 2.45) is 0 Å². The standard InChI is InChI=1S/C13H9ClF2N4S/c1-5-6(2)12(20-19-11(5)14)18-13-17-9-3-7(15)8(16)4-10(9)21-13/h3-4H,1-2H3,(H,17,18,20). The lowest BCUT2D eigenvalue weighted by Gasteiger charge is -2.07. The van der Waals surface area contributed by atoms with E-state index in [1.165, 1.54) is 11.3 Å². The summed E-state index contributed by atoms with van der Waals surface area (Å²) in [5, 5.41) is 11.6. The van der Waals surface area contributed by atoms with Crippen molar-refractivity contribution in [1.82, 2.24) is 15.2 Å². The molecular weight excluding hydrogens is 318 g/mol. The van der Waals surface area contributed by atoms with Crippen LogP contribution in [0.15, 0.2) is 12.1 Å². The molecule has 4 nitrogen and oxygen atoms in total. The van der Waals surface area contributed by atoms with Gasteiger partial charge in [0.05, 0.1) is 10.2 Å². The van der Waals surface area contributed by atoms with E-state index in [-0.39, 0.29) is 0 Å². The predicted molar refractivity (Wildman–Crippen MR) is 79.3 cm³/mol. The van der Waals surface area contributed by atoms with Crippen molar-refractivity contribution in [2.75, 3.05) is 5.32 Å². The Morgan fingerprint density at radius 2 is 1.81 bits per heavy atom. The van der Waals surface area contributed by atoms with Gasteiger partial charge < -0.3 is 5.32 Å². The van der Waals surface area contributed by atoms with Crippen molar-refractivity contribution >= 4 is 44.1 Å². The molecule has 0 aliphatic carbocycles. The van der Waals surface area contributed by atoms with Crippen LogP contribution >= 0.6 is 22.9 Å². The maximum atomic E-state index is 13.2. The van der Waals surface area contributed by atoms with Crippen LogP contribution in [0.25, 0.3) is 10.2 Å². The summed E-state index contributed by atoms with van der Waals surface area (Å²) in [6.45, 7) is 3.69. The molecule has 1 N–H and O–H groups in total. The number of rotatable bonds is 2. The summed E-state index contributed by atoms with van der Waals surface area (Å²) in [4.78, 5) is 4.20. The Labute approximate surface area is 127 Å². The van der Waals surface area contributed by atoms with E-state index in [0.717, 1.165) is 23.3 Å². The Balaban J connectivity index is 2.00. The Morgan fingerprint density at radius 3 is 2.57 bits per heavy atom. The molecule has 0 amide bonds. The summed E-state index contributed by atoms with van der Waals surface area (Å²) in [5.41, 5.74) is 2.04. The number of aromatic nitrogens is 3. The Kier molecular flexibility index (Phi) is 3.46. The largest absolute Gasteiger partial charge is 0.314 e. The molecule has 0 aliphatic heterocycles. The molecule has 21 heavy (non-hydrogen) atoms. The molecule has 0 radical (unpaired) electrons. The van der Waals surface area contributed by atoms with E-state index in [9.17, 15) is 8.78 Å². The molecule has 108 valence electrons. The number of halogens is 3. The molecule has 0 unspecified atom stereocenters. The molecule has 0 spiro atoms. The lowest BCUT2D eigenvalue weighted by molar-refractivity contribution is 0.511. The van der Waals surface area contributed by atoms with Crippen LogP contribution in [-0.4, -0.2) is 15.2 Å². The summed E-state index contributed by atoms with van der Waals surface area (Å²) in [7, 11) is 0. The first-order chi connectivity index (χ1) is 9.95. The van der Waals surface area contributed by atoms with Gasteiger partial charge in [0.1, 0.15) is 0 Å². The molecule has 3 rings (SSSR count). The molecule has 0 fully saturated rings. The van der Waals surface area contributed by atoms with Gasteiger partial charge in [-0.3, -0.25) is 0 Å². The van der Waals surface area contributed by atoms with Gasteiger partial charge in [-0.1, -0.05) is 22.9 Å². The van der Waals surface area contributed by atoms with E-state index in [1.807, 2.05) is 13.8 Å². The molecule has 2 heterocycles. The quantitative estimate of drug-likeness (QED) is 0.759. The smallest absolute Gasteiger partial charge is 0.189 e. The number of thiazole rings is 1. The molecular formula is C13H9ClF2N4S. The van der Waals surface area contributed by atoms with Crippen molar-refractivity contribution in [3.8, 4) is 0 Å². The summed E-state index contributed by atoms with van der Waals surface area (Å²) in [6, 6.07) is 2.19. The fraction of sp³-hybridized carbons (Fsp3) is 0.154. The summed E-state index contributed by atoms with van der Waals surface area (Å²) >= 11 is 7.09. The van der Waals surface area contributed by atoms with Gasteiger partial charge in [-0.25, -0.2) is 13.8 Å². The lowest BCUT2D eigenvalue weighted by Crippen LogP contribution is -2.00. The Bertz CT molecular complexity index is 811. The van der Waals surface area contributed by atoms with Gasteiger partial charge in [-0.2, -0.15) is 0 Å². The van der Waals surface area contributed by atoms with Gasteiger partial charge in [0, 0.05) is 6.07 Å². The third kappa shape index (κ3) is 2.54. The fourth-order valence-electron chi connectivity index (χ4n) is 1.77. The van der Waals surface area contributed by atoms with Gasteiger partial charge in [-0.05, 0) is 31.0 Å². The average molecular weight is 327 g/mol. The average Bonchev–Trinajstić information content (AvgIpc) is 2.81. The van der Waals surface area contributed by atoms with E-state index in [0.29, 0.717) is 26.3 Å². The van der Waals surface area contributed by atoms with Crippen molar-refractivity contribution in [1.29, 1.82) is 0 Å². The number of hydrogen-bond donors (Lipinski definition) is 1. The molecule has 0 atom stereocenters. The van der Waals surface area contributed by atoms with Crippen LogP contribution in [0.3, 0.4) is 0 Å². The SMILES string of the molecule is Cc1c(Cl)nnc(Nc2nc3cc(F)c(F)cc3s2)c1C. The van der Waals surface area contributed by atoms with E-state index in [4.69, 9.17) is 11.6 Å². The van der Waals surface area contributed by atoms with E-state index < -0.39 is 11.6 Å². The predicted octanol–water partition coefficient (Wildman–Crippen LogP) is 4.38. The minimum atomic E-state index is -0.919. The highest BCUT2D eigenvalue weighted by Crippen LogP contribution is 2.31. The van der Waals surface area contributed by atoms with Crippen LogP contribution in [0.1, 0.15) is 11.1 Å². The first-order valence-electron chi connectivity index (χ1n) is 5.97. The topological polar surface area (TPSA) is 50.7 Å². The molecule has 1 aromatic carbocycles. The van der Waals surface area contributed by atoms with Crippen LogP contribution in [-0.2, 0) is 0 Å². The number of nitrogens with zero attached hydrogens (tertiary/aromatic N) is 3. The minimum Gasteiger partial charge on any atom is -0.314 e. The maximum Gasteiger partial charge on any atom is 0.189 e. The van der Waals surface area contributed by atoms with E-state index >= 15 is 0 Å². The van der Waals surface area contributed by atoms with Crippen LogP contribution < -0.4 is 5.32 Å². The van der Waals surface area contributed by atoms with Gasteiger partial charge >= 0.3 is 0 Å². The normalized spacial score (nSPS) is 11.1. The Hall–Kier alpha value is -1.86. The highest BCUT2D eigenvalue weighted by Gasteiger charge is 2.12. The lowest BCUT2D eigenvalue weighted by atomic mass is 10.2. The zero-order valence-corrected chi connectivity index (χ0v) is 12.6. The second kappa shape index (κ2) is 5.16. The van der Waals surface area contributed by atoms with Gasteiger partial charge in [0.25, 0.3) is 0 Å². The van der Waals surface area contributed by atoms with Gasteiger partial charge in [0.15, 0.2) is 27.7 Å². The second-order valence-corrected chi connectivity index (χ2v) is 5.86. The number of nitrogens with one attached hydrogen (secondary N) is 1. The molecule has 0 bridgehead atoms. The number of fused-ring (bicyclic) bond motifs is 1. The first kappa shape index (κ1) is 14.1. The van der Waals surface area contributed by atoms with Crippen LogP contribution in [0.2, 0.25) is 5.15 Å². The molecule has 2 aromatic heterocycles. The first-order valence-corrected chi connectivity index (χ1v) is 7.17. The van der Waals surface area contributed by atoms with Gasteiger partial charge in [-0.15, -0.1) is 10.2 Å². The zero-order chi connectivity index (χ0) is 15.1. The Morgan fingerprint density at radius 1 is 1.10 bits per heavy atom.